The van der Waals surface area contributed by atoms with Gasteiger partial charge in [-0.2, -0.15) is 0 Å². The van der Waals surface area contributed by atoms with Crippen molar-refractivity contribution in [2.75, 3.05) is 13.1 Å². The van der Waals surface area contributed by atoms with Crippen LogP contribution in [-0.4, -0.2) is 45.7 Å². The minimum Gasteiger partial charge on any atom is -0.480 e. The highest BCUT2D eigenvalue weighted by Gasteiger charge is 2.27. The Hall–Kier alpha value is -0.720. The number of carboxylic acid groups (broad SMARTS) is 1. The number of aliphatic carboxylic acids is 1. The SMILES string of the molecule is C=CC(CN[C@@H](CCCCN)C(=O)O)P(=O)(O)O. The molecular weight excluding hydrogens is 259 g/mol. The Labute approximate surface area is 106 Å². The molecule has 0 aromatic heterocycles. The average Bonchev–Trinajstić information content (AvgIpc) is 2.25. The van der Waals surface area contributed by atoms with Gasteiger partial charge in [0.1, 0.15) is 6.04 Å². The molecule has 2 atom stereocenters. The van der Waals surface area contributed by atoms with E-state index in [2.05, 4.69) is 11.9 Å². The standard InChI is InChI=1S/C10H21N2O5P/c1-2-8(18(15,16)17)7-12-9(10(13)14)5-3-4-6-11/h2,8-9,12H,1,3-7,11H2,(H,13,14)(H2,15,16,17)/t8?,9-/m0/s1. The molecule has 0 heterocycles. The molecule has 0 rings (SSSR count). The quantitative estimate of drug-likeness (QED) is 0.214. The monoisotopic (exact) mass is 280 g/mol. The van der Waals surface area contributed by atoms with Gasteiger partial charge in [-0.05, 0) is 19.4 Å². The van der Waals surface area contributed by atoms with E-state index in [9.17, 15) is 9.36 Å². The molecule has 18 heavy (non-hydrogen) atoms. The largest absolute Gasteiger partial charge is 0.480 e. The van der Waals surface area contributed by atoms with Gasteiger partial charge in [-0.25, -0.2) is 0 Å². The number of hydrogen-bond acceptors (Lipinski definition) is 4. The molecule has 7 nitrogen and oxygen atoms in total. The Balaban J connectivity index is 4.29. The molecule has 0 aliphatic carbocycles. The summed E-state index contributed by atoms with van der Waals surface area (Å²) >= 11 is 0. The number of hydrogen-bond donors (Lipinski definition) is 5. The first kappa shape index (κ1) is 17.3. The molecule has 0 spiro atoms. The maximum atomic E-state index is 11.0. The molecule has 0 amide bonds. The molecule has 0 aromatic carbocycles. The molecule has 0 aromatic rings. The lowest BCUT2D eigenvalue weighted by molar-refractivity contribution is -0.139. The van der Waals surface area contributed by atoms with Crippen molar-refractivity contribution in [2.24, 2.45) is 5.73 Å². The van der Waals surface area contributed by atoms with Gasteiger partial charge in [-0.15, -0.1) is 6.58 Å². The highest BCUT2D eigenvalue weighted by Crippen LogP contribution is 2.41. The summed E-state index contributed by atoms with van der Waals surface area (Å²) in [4.78, 5) is 28.9. The molecule has 106 valence electrons. The van der Waals surface area contributed by atoms with Crippen LogP contribution in [0.2, 0.25) is 0 Å². The number of unbranched alkanes of at least 4 members (excludes halogenated alkanes) is 1. The van der Waals surface area contributed by atoms with Crippen molar-refractivity contribution >= 4 is 13.6 Å². The first-order valence-electron chi connectivity index (χ1n) is 5.67. The Morgan fingerprint density at radius 1 is 1.44 bits per heavy atom. The second-order valence-electron chi connectivity index (χ2n) is 3.98. The summed E-state index contributed by atoms with van der Waals surface area (Å²) in [5, 5.41) is 11.6. The first-order chi connectivity index (χ1) is 8.32. The third-order valence-corrected chi connectivity index (χ3v) is 3.78. The van der Waals surface area contributed by atoms with Crippen LogP contribution in [0.25, 0.3) is 0 Å². The molecule has 0 aliphatic heterocycles. The molecule has 0 bridgehead atoms. The average molecular weight is 280 g/mol. The summed E-state index contributed by atoms with van der Waals surface area (Å²) in [5.41, 5.74) is 4.23. The van der Waals surface area contributed by atoms with Gasteiger partial charge < -0.3 is 25.9 Å². The Bertz CT molecular complexity index is 317. The van der Waals surface area contributed by atoms with Gasteiger partial charge in [0, 0.05) is 6.54 Å². The molecule has 0 fully saturated rings. The van der Waals surface area contributed by atoms with Crippen LogP contribution in [-0.2, 0) is 9.36 Å². The van der Waals surface area contributed by atoms with Crippen LogP contribution < -0.4 is 11.1 Å². The maximum absolute atomic E-state index is 11.0. The summed E-state index contributed by atoms with van der Waals surface area (Å²) in [6.07, 6.45) is 2.87. The van der Waals surface area contributed by atoms with E-state index in [1.54, 1.807) is 0 Å². The van der Waals surface area contributed by atoms with Gasteiger partial charge in [0.15, 0.2) is 0 Å². The van der Waals surface area contributed by atoms with Crippen molar-refractivity contribution in [3.8, 4) is 0 Å². The van der Waals surface area contributed by atoms with Gasteiger partial charge in [-0.3, -0.25) is 9.36 Å². The topological polar surface area (TPSA) is 133 Å². The molecular formula is C10H21N2O5P. The van der Waals surface area contributed by atoms with Crippen LogP contribution in [0.15, 0.2) is 12.7 Å². The van der Waals surface area contributed by atoms with Gasteiger partial charge in [0.25, 0.3) is 0 Å². The van der Waals surface area contributed by atoms with Crippen molar-refractivity contribution in [3.63, 3.8) is 0 Å². The van der Waals surface area contributed by atoms with E-state index in [0.717, 1.165) is 12.5 Å². The maximum Gasteiger partial charge on any atom is 0.333 e. The summed E-state index contributed by atoms with van der Waals surface area (Å²) in [7, 11) is -4.29. The van der Waals surface area contributed by atoms with Crippen molar-refractivity contribution in [2.45, 2.75) is 31.0 Å². The zero-order chi connectivity index (χ0) is 14.2. The number of nitrogens with one attached hydrogen (secondary N) is 1. The summed E-state index contributed by atoms with van der Waals surface area (Å²) in [6.45, 7) is 3.70. The summed E-state index contributed by atoms with van der Waals surface area (Å²) in [6, 6.07) is -0.828. The van der Waals surface area contributed by atoms with Gasteiger partial charge in [-0.1, -0.05) is 12.5 Å². The number of carboxylic acids is 1. The van der Waals surface area contributed by atoms with E-state index < -0.39 is 25.3 Å². The molecule has 1 unspecified atom stereocenters. The van der Waals surface area contributed by atoms with Crippen LogP contribution in [0.4, 0.5) is 0 Å². The van der Waals surface area contributed by atoms with Crippen LogP contribution in [0.1, 0.15) is 19.3 Å². The van der Waals surface area contributed by atoms with E-state index >= 15 is 0 Å². The van der Waals surface area contributed by atoms with Crippen molar-refractivity contribution in [1.82, 2.24) is 5.32 Å². The van der Waals surface area contributed by atoms with Crippen molar-refractivity contribution in [3.05, 3.63) is 12.7 Å². The van der Waals surface area contributed by atoms with Crippen LogP contribution in [0.5, 0.6) is 0 Å². The lowest BCUT2D eigenvalue weighted by Gasteiger charge is -2.19. The molecule has 6 N–H and O–H groups in total. The van der Waals surface area contributed by atoms with E-state index in [0.29, 0.717) is 19.4 Å². The summed E-state index contributed by atoms with van der Waals surface area (Å²) < 4.78 is 11.0. The fourth-order valence-electron chi connectivity index (χ4n) is 1.41. The Kier molecular flexibility index (Phi) is 8.06. The third-order valence-electron chi connectivity index (χ3n) is 2.52. The molecule has 0 radical (unpaired) electrons. The second kappa shape index (κ2) is 8.39. The normalized spacial score (nSPS) is 15.1. The van der Waals surface area contributed by atoms with Gasteiger partial charge >= 0.3 is 13.6 Å². The van der Waals surface area contributed by atoms with Gasteiger partial charge in [0.05, 0.1) is 5.66 Å². The van der Waals surface area contributed by atoms with Crippen LogP contribution in [0.3, 0.4) is 0 Å². The fraction of sp³-hybridized carbons (Fsp3) is 0.700. The highest BCUT2D eigenvalue weighted by atomic mass is 31.2. The smallest absolute Gasteiger partial charge is 0.333 e. The minimum atomic E-state index is -4.29. The first-order valence-corrected chi connectivity index (χ1v) is 7.35. The highest BCUT2D eigenvalue weighted by molar-refractivity contribution is 7.52. The number of carbonyl (C=O) groups is 1. The lowest BCUT2D eigenvalue weighted by atomic mass is 10.1. The van der Waals surface area contributed by atoms with E-state index in [-0.39, 0.29) is 6.54 Å². The van der Waals surface area contributed by atoms with E-state index in [1.807, 2.05) is 0 Å². The Morgan fingerprint density at radius 3 is 2.44 bits per heavy atom. The molecule has 0 saturated carbocycles. The van der Waals surface area contributed by atoms with Crippen LogP contribution in [0, 0.1) is 0 Å². The summed E-state index contributed by atoms with van der Waals surface area (Å²) in [5.74, 6) is -1.04. The predicted molar refractivity (Wildman–Crippen MR) is 68.4 cm³/mol. The van der Waals surface area contributed by atoms with Crippen LogP contribution >= 0.6 is 7.60 Å². The predicted octanol–water partition coefficient (Wildman–Crippen LogP) is -0.109. The molecule has 0 aliphatic rings. The minimum absolute atomic E-state index is 0.118. The number of nitrogens with two attached hydrogens (primary N) is 1. The van der Waals surface area contributed by atoms with E-state index in [1.165, 1.54) is 0 Å². The zero-order valence-corrected chi connectivity index (χ0v) is 11.1. The molecule has 0 saturated heterocycles. The van der Waals surface area contributed by atoms with Gasteiger partial charge in [0.2, 0.25) is 0 Å². The number of rotatable bonds is 10. The second-order valence-corrected chi connectivity index (χ2v) is 5.82. The Morgan fingerprint density at radius 2 is 2.06 bits per heavy atom. The van der Waals surface area contributed by atoms with E-state index in [4.69, 9.17) is 20.6 Å². The zero-order valence-electron chi connectivity index (χ0n) is 10.2. The lowest BCUT2D eigenvalue weighted by Crippen LogP contribution is -2.40. The third kappa shape index (κ3) is 6.88. The van der Waals surface area contributed by atoms with Crippen molar-refractivity contribution in [1.29, 1.82) is 0 Å². The van der Waals surface area contributed by atoms with Crippen molar-refractivity contribution < 1.29 is 24.3 Å². The fourth-order valence-corrected chi connectivity index (χ4v) is 2.03. The molecule has 8 heteroatoms.